The largest absolute Gasteiger partial charge is 0.398 e. The van der Waals surface area contributed by atoms with Crippen LogP contribution in [0.25, 0.3) is 0 Å². The number of nitrogen functional groups attached to an aromatic ring is 1. The van der Waals surface area contributed by atoms with Crippen molar-refractivity contribution in [2.45, 2.75) is 13.8 Å². The Morgan fingerprint density at radius 1 is 1.26 bits per heavy atom. The zero-order valence-electron chi connectivity index (χ0n) is 10.7. The highest BCUT2D eigenvalue weighted by Gasteiger charge is 2.10. The number of carbonyl (C=O) groups excluding carboxylic acids is 1. The molecule has 1 heterocycles. The van der Waals surface area contributed by atoms with Gasteiger partial charge in [0.25, 0.3) is 11.5 Å². The number of anilines is 2. The molecular formula is C13H14N4O2. The predicted octanol–water partition coefficient (Wildman–Crippen LogP) is 1.22. The molecule has 1 aromatic heterocycles. The van der Waals surface area contributed by atoms with E-state index in [1.54, 1.807) is 6.07 Å². The van der Waals surface area contributed by atoms with Crippen molar-refractivity contribution < 1.29 is 4.79 Å². The van der Waals surface area contributed by atoms with Crippen LogP contribution >= 0.6 is 0 Å². The lowest BCUT2D eigenvalue weighted by Crippen LogP contribution is -2.18. The lowest BCUT2D eigenvalue weighted by Gasteiger charge is -2.10. The van der Waals surface area contributed by atoms with Gasteiger partial charge in [-0.3, -0.25) is 9.59 Å². The second kappa shape index (κ2) is 4.93. The average molecular weight is 258 g/mol. The molecule has 0 saturated heterocycles. The number of nitrogens with zero attached hydrogens (tertiary/aromatic N) is 1. The zero-order chi connectivity index (χ0) is 14.0. The minimum atomic E-state index is -0.400. The Balaban J connectivity index is 2.26. The summed E-state index contributed by atoms with van der Waals surface area (Å²) in [7, 11) is 0. The molecule has 98 valence electrons. The van der Waals surface area contributed by atoms with Crippen LogP contribution in [0.3, 0.4) is 0 Å². The average Bonchev–Trinajstić information content (AvgIpc) is 2.36. The summed E-state index contributed by atoms with van der Waals surface area (Å²) in [4.78, 5) is 22.8. The SMILES string of the molecule is Cc1cc(C)c(NC(=O)c2ccc(=O)[nH]n2)cc1N. The van der Waals surface area contributed by atoms with Gasteiger partial charge in [-0.2, -0.15) is 5.10 Å². The van der Waals surface area contributed by atoms with Crippen LogP contribution in [-0.4, -0.2) is 16.1 Å². The van der Waals surface area contributed by atoms with E-state index in [2.05, 4.69) is 15.5 Å². The number of aromatic nitrogens is 2. The van der Waals surface area contributed by atoms with Crippen LogP contribution in [0.15, 0.2) is 29.1 Å². The molecule has 0 spiro atoms. The molecule has 0 fully saturated rings. The van der Waals surface area contributed by atoms with Crippen molar-refractivity contribution in [1.29, 1.82) is 0 Å². The lowest BCUT2D eigenvalue weighted by molar-refractivity contribution is 0.102. The van der Waals surface area contributed by atoms with Crippen molar-refractivity contribution in [3.05, 3.63) is 51.4 Å². The summed E-state index contributed by atoms with van der Waals surface area (Å²) in [6.45, 7) is 3.78. The third-order valence-electron chi connectivity index (χ3n) is 2.77. The molecule has 0 atom stereocenters. The third kappa shape index (κ3) is 2.79. The number of nitrogens with two attached hydrogens (primary N) is 1. The minimum Gasteiger partial charge on any atom is -0.398 e. The highest BCUT2D eigenvalue weighted by atomic mass is 16.2. The molecule has 0 saturated carbocycles. The van der Waals surface area contributed by atoms with E-state index in [9.17, 15) is 9.59 Å². The number of H-pyrrole nitrogens is 1. The molecule has 6 heteroatoms. The van der Waals surface area contributed by atoms with Crippen LogP contribution in [0, 0.1) is 13.8 Å². The highest BCUT2D eigenvalue weighted by Crippen LogP contribution is 2.22. The van der Waals surface area contributed by atoms with Gasteiger partial charge in [0.1, 0.15) is 5.69 Å². The monoisotopic (exact) mass is 258 g/mol. The van der Waals surface area contributed by atoms with Crippen LogP contribution in [0.1, 0.15) is 21.6 Å². The number of hydrogen-bond acceptors (Lipinski definition) is 4. The number of rotatable bonds is 2. The van der Waals surface area contributed by atoms with Crippen LogP contribution in [0.5, 0.6) is 0 Å². The fourth-order valence-corrected chi connectivity index (χ4v) is 1.66. The van der Waals surface area contributed by atoms with E-state index in [0.717, 1.165) is 11.1 Å². The molecule has 1 amide bonds. The van der Waals surface area contributed by atoms with Gasteiger partial charge in [-0.05, 0) is 37.1 Å². The van der Waals surface area contributed by atoms with Crippen LogP contribution in [0.4, 0.5) is 11.4 Å². The molecule has 0 aliphatic carbocycles. The first kappa shape index (κ1) is 12.8. The standard InChI is InChI=1S/C13H14N4O2/c1-7-5-8(2)11(6-9(7)14)15-13(19)10-3-4-12(18)17-16-10/h3-6H,14H2,1-2H3,(H,15,19)(H,17,18). The van der Waals surface area contributed by atoms with Gasteiger partial charge in [0.15, 0.2) is 0 Å². The maximum Gasteiger partial charge on any atom is 0.276 e. The molecule has 19 heavy (non-hydrogen) atoms. The second-order valence-electron chi connectivity index (χ2n) is 4.28. The Hall–Kier alpha value is -2.63. The first-order chi connectivity index (χ1) is 8.97. The summed E-state index contributed by atoms with van der Waals surface area (Å²) < 4.78 is 0. The number of nitrogens with one attached hydrogen (secondary N) is 2. The van der Waals surface area contributed by atoms with E-state index in [1.807, 2.05) is 19.9 Å². The molecule has 0 unspecified atom stereocenters. The first-order valence-corrected chi connectivity index (χ1v) is 5.71. The molecule has 1 aromatic carbocycles. The molecule has 0 aliphatic heterocycles. The number of aryl methyl sites for hydroxylation is 2. The maximum absolute atomic E-state index is 11.9. The van der Waals surface area contributed by atoms with Gasteiger partial charge in [-0.15, -0.1) is 0 Å². The molecule has 0 bridgehead atoms. The van der Waals surface area contributed by atoms with Gasteiger partial charge >= 0.3 is 0 Å². The van der Waals surface area contributed by atoms with E-state index < -0.39 is 5.91 Å². The van der Waals surface area contributed by atoms with Crippen molar-refractivity contribution in [2.75, 3.05) is 11.1 Å². The van der Waals surface area contributed by atoms with Crippen LogP contribution < -0.4 is 16.6 Å². The van der Waals surface area contributed by atoms with Gasteiger partial charge in [0.05, 0.1) is 0 Å². The normalized spacial score (nSPS) is 10.2. The van der Waals surface area contributed by atoms with E-state index >= 15 is 0 Å². The Bertz CT molecular complexity index is 671. The van der Waals surface area contributed by atoms with Gasteiger partial charge in [-0.1, -0.05) is 6.07 Å². The summed E-state index contributed by atoms with van der Waals surface area (Å²) in [6.07, 6.45) is 0. The molecule has 6 nitrogen and oxygen atoms in total. The molecule has 2 aromatic rings. The molecule has 4 N–H and O–H groups in total. The third-order valence-corrected chi connectivity index (χ3v) is 2.77. The first-order valence-electron chi connectivity index (χ1n) is 5.71. The zero-order valence-corrected chi connectivity index (χ0v) is 10.7. The summed E-state index contributed by atoms with van der Waals surface area (Å²) in [6, 6.07) is 6.21. The van der Waals surface area contributed by atoms with E-state index in [4.69, 9.17) is 5.73 Å². The number of hydrogen-bond donors (Lipinski definition) is 3. The van der Waals surface area contributed by atoms with Crippen LogP contribution in [-0.2, 0) is 0 Å². The Morgan fingerprint density at radius 3 is 2.63 bits per heavy atom. The van der Waals surface area contributed by atoms with Gasteiger partial charge in [0, 0.05) is 17.4 Å². The second-order valence-corrected chi connectivity index (χ2v) is 4.28. The van der Waals surface area contributed by atoms with Crippen LogP contribution in [0.2, 0.25) is 0 Å². The summed E-state index contributed by atoms with van der Waals surface area (Å²) in [5, 5.41) is 8.58. The minimum absolute atomic E-state index is 0.137. The van der Waals surface area contributed by atoms with Crippen molar-refractivity contribution in [2.24, 2.45) is 0 Å². The molecule has 2 rings (SSSR count). The number of benzene rings is 1. The Kier molecular flexibility index (Phi) is 3.33. The molecular weight excluding hydrogens is 244 g/mol. The predicted molar refractivity (Wildman–Crippen MR) is 73.1 cm³/mol. The van der Waals surface area contributed by atoms with Crippen molar-refractivity contribution in [3.63, 3.8) is 0 Å². The number of amides is 1. The van der Waals surface area contributed by atoms with Crippen molar-refractivity contribution in [1.82, 2.24) is 10.2 Å². The molecule has 0 aliphatic rings. The fourth-order valence-electron chi connectivity index (χ4n) is 1.66. The Labute approximate surface area is 109 Å². The number of carbonyl (C=O) groups is 1. The topological polar surface area (TPSA) is 101 Å². The van der Waals surface area contributed by atoms with Crippen molar-refractivity contribution >= 4 is 17.3 Å². The summed E-state index contributed by atoms with van der Waals surface area (Å²) >= 11 is 0. The van der Waals surface area contributed by atoms with Gasteiger partial charge < -0.3 is 11.1 Å². The fraction of sp³-hybridized carbons (Fsp3) is 0.154. The van der Waals surface area contributed by atoms with E-state index in [-0.39, 0.29) is 11.3 Å². The molecule has 0 radical (unpaired) electrons. The van der Waals surface area contributed by atoms with E-state index in [1.165, 1.54) is 12.1 Å². The smallest absolute Gasteiger partial charge is 0.276 e. The highest BCUT2D eigenvalue weighted by molar-refractivity contribution is 6.03. The maximum atomic E-state index is 11.9. The summed E-state index contributed by atoms with van der Waals surface area (Å²) in [5.41, 5.74) is 8.69. The van der Waals surface area contributed by atoms with E-state index in [0.29, 0.717) is 11.4 Å². The quantitative estimate of drug-likeness (QED) is 0.705. The lowest BCUT2D eigenvalue weighted by atomic mass is 10.1. The Morgan fingerprint density at radius 2 is 2.00 bits per heavy atom. The van der Waals surface area contributed by atoms with Crippen molar-refractivity contribution in [3.8, 4) is 0 Å². The van der Waals surface area contributed by atoms with Gasteiger partial charge in [0.2, 0.25) is 0 Å². The summed E-state index contributed by atoms with van der Waals surface area (Å²) in [5.74, 6) is -0.400. The van der Waals surface area contributed by atoms with Gasteiger partial charge in [-0.25, -0.2) is 5.10 Å². The number of aromatic amines is 1.